The number of anilines is 2. The van der Waals surface area contributed by atoms with Gasteiger partial charge < -0.3 is 15.1 Å². The van der Waals surface area contributed by atoms with Crippen LogP contribution in [0.25, 0.3) is 0 Å². The normalized spacial score (nSPS) is 19.6. The summed E-state index contributed by atoms with van der Waals surface area (Å²) in [4.78, 5) is 28.6. The average Bonchev–Trinajstić information content (AvgIpc) is 3.31. The van der Waals surface area contributed by atoms with E-state index in [2.05, 4.69) is 10.2 Å². The number of nitrogens with one attached hydrogen (secondary N) is 1. The molecule has 0 radical (unpaired) electrons. The molecule has 5 nitrogen and oxygen atoms in total. The molecule has 1 atom stereocenters. The lowest BCUT2D eigenvalue weighted by Crippen LogP contribution is -2.37. The molecule has 2 fully saturated rings. The highest BCUT2D eigenvalue weighted by atomic mass is 35.5. The van der Waals surface area contributed by atoms with Crippen LogP contribution in [0.1, 0.15) is 29.6 Å². The summed E-state index contributed by atoms with van der Waals surface area (Å²) in [6.07, 6.45) is 2.34. The Morgan fingerprint density at radius 3 is 2.67 bits per heavy atom. The highest BCUT2D eigenvalue weighted by Crippen LogP contribution is 2.25. The Hall–Kier alpha value is -2.53. The fourth-order valence-electron chi connectivity index (χ4n) is 3.79. The smallest absolute Gasteiger partial charge is 0.251 e. The van der Waals surface area contributed by atoms with Crippen molar-refractivity contribution >= 4 is 34.8 Å². The quantitative estimate of drug-likeness (QED) is 0.879. The first-order chi connectivity index (χ1) is 13.1. The maximum absolute atomic E-state index is 12.7. The van der Waals surface area contributed by atoms with Crippen LogP contribution in [-0.4, -0.2) is 37.5 Å². The van der Waals surface area contributed by atoms with Crippen molar-refractivity contribution in [2.45, 2.75) is 25.3 Å². The summed E-state index contributed by atoms with van der Waals surface area (Å²) in [7, 11) is 0. The van der Waals surface area contributed by atoms with E-state index >= 15 is 0 Å². The van der Waals surface area contributed by atoms with Gasteiger partial charge in [0.2, 0.25) is 5.91 Å². The predicted molar refractivity (Wildman–Crippen MR) is 108 cm³/mol. The van der Waals surface area contributed by atoms with Gasteiger partial charge in [-0.15, -0.1) is 0 Å². The fraction of sp³-hybridized carbons (Fsp3) is 0.333. The van der Waals surface area contributed by atoms with E-state index in [0.29, 0.717) is 17.0 Å². The van der Waals surface area contributed by atoms with Crippen molar-refractivity contribution < 1.29 is 9.59 Å². The van der Waals surface area contributed by atoms with Crippen LogP contribution < -0.4 is 15.1 Å². The minimum absolute atomic E-state index is 0.0913. The minimum atomic E-state index is -0.0959. The number of benzene rings is 2. The standard InChI is InChI=1S/C21H22ClN3O2/c22-16-5-2-6-18(13-16)24-11-9-17(14-24)23-21(27)15-4-1-7-19(12-15)25-10-3-8-20(25)26/h1-2,4-7,12-13,17H,3,8-11,14H2,(H,23,27)/t17-/m1/s1. The highest BCUT2D eigenvalue weighted by molar-refractivity contribution is 6.30. The number of hydrogen-bond donors (Lipinski definition) is 1. The van der Waals surface area contributed by atoms with Crippen molar-refractivity contribution in [3.05, 3.63) is 59.1 Å². The van der Waals surface area contributed by atoms with Gasteiger partial charge in [0, 0.05) is 54.1 Å². The maximum Gasteiger partial charge on any atom is 0.251 e. The molecule has 0 aliphatic carbocycles. The summed E-state index contributed by atoms with van der Waals surface area (Å²) in [5.41, 5.74) is 2.47. The zero-order chi connectivity index (χ0) is 18.8. The number of amides is 2. The van der Waals surface area contributed by atoms with Gasteiger partial charge in [0.15, 0.2) is 0 Å². The Morgan fingerprint density at radius 1 is 1.07 bits per heavy atom. The molecule has 0 spiro atoms. The van der Waals surface area contributed by atoms with Gasteiger partial charge >= 0.3 is 0 Å². The van der Waals surface area contributed by atoms with Gasteiger partial charge in [-0.2, -0.15) is 0 Å². The largest absolute Gasteiger partial charge is 0.369 e. The van der Waals surface area contributed by atoms with Crippen LogP contribution in [0.5, 0.6) is 0 Å². The van der Waals surface area contributed by atoms with E-state index in [0.717, 1.165) is 43.9 Å². The first kappa shape index (κ1) is 17.9. The second-order valence-corrected chi connectivity index (χ2v) is 7.52. The number of carbonyl (C=O) groups excluding carboxylic acids is 2. The molecule has 0 saturated carbocycles. The lowest BCUT2D eigenvalue weighted by Gasteiger charge is -2.20. The molecule has 0 bridgehead atoms. The zero-order valence-electron chi connectivity index (χ0n) is 15.0. The Morgan fingerprint density at radius 2 is 1.89 bits per heavy atom. The highest BCUT2D eigenvalue weighted by Gasteiger charge is 2.26. The van der Waals surface area contributed by atoms with E-state index in [9.17, 15) is 9.59 Å². The molecule has 4 rings (SSSR count). The number of rotatable bonds is 4. The summed E-state index contributed by atoms with van der Waals surface area (Å²) < 4.78 is 0. The van der Waals surface area contributed by atoms with Crippen molar-refractivity contribution in [2.75, 3.05) is 29.4 Å². The molecule has 27 heavy (non-hydrogen) atoms. The molecule has 0 unspecified atom stereocenters. The molecular weight excluding hydrogens is 362 g/mol. The average molecular weight is 384 g/mol. The lowest BCUT2D eigenvalue weighted by atomic mass is 10.1. The Bertz CT molecular complexity index is 870. The maximum atomic E-state index is 12.7. The zero-order valence-corrected chi connectivity index (χ0v) is 15.8. The number of carbonyl (C=O) groups is 2. The minimum Gasteiger partial charge on any atom is -0.369 e. The Kier molecular flexibility index (Phi) is 5.03. The molecule has 2 heterocycles. The van der Waals surface area contributed by atoms with E-state index in [1.54, 1.807) is 11.0 Å². The molecule has 2 aromatic carbocycles. The fourth-order valence-corrected chi connectivity index (χ4v) is 3.97. The molecule has 1 N–H and O–H groups in total. The molecule has 140 valence electrons. The molecule has 2 saturated heterocycles. The third kappa shape index (κ3) is 3.93. The monoisotopic (exact) mass is 383 g/mol. The van der Waals surface area contributed by atoms with E-state index in [4.69, 9.17) is 11.6 Å². The second kappa shape index (κ2) is 7.61. The van der Waals surface area contributed by atoms with Gasteiger partial charge in [-0.1, -0.05) is 23.7 Å². The lowest BCUT2D eigenvalue weighted by molar-refractivity contribution is -0.117. The molecule has 6 heteroatoms. The Labute approximate surface area is 163 Å². The summed E-state index contributed by atoms with van der Waals surface area (Å²) in [6.45, 7) is 2.37. The first-order valence-electron chi connectivity index (χ1n) is 9.32. The number of hydrogen-bond acceptors (Lipinski definition) is 3. The molecular formula is C21H22ClN3O2. The molecule has 2 amide bonds. The number of nitrogens with zero attached hydrogens (tertiary/aromatic N) is 2. The summed E-state index contributed by atoms with van der Waals surface area (Å²) in [6, 6.07) is 15.2. The third-order valence-electron chi connectivity index (χ3n) is 5.19. The Balaban J connectivity index is 1.40. The van der Waals surface area contributed by atoms with Gasteiger partial charge in [0.05, 0.1) is 0 Å². The molecule has 2 aliphatic rings. The third-order valence-corrected chi connectivity index (χ3v) is 5.43. The van der Waals surface area contributed by atoms with E-state index in [1.807, 2.05) is 42.5 Å². The predicted octanol–water partition coefficient (Wildman–Crippen LogP) is 3.48. The van der Waals surface area contributed by atoms with Crippen LogP contribution >= 0.6 is 11.6 Å². The van der Waals surface area contributed by atoms with Gasteiger partial charge in [0.25, 0.3) is 5.91 Å². The van der Waals surface area contributed by atoms with Crippen LogP contribution in [0, 0.1) is 0 Å². The van der Waals surface area contributed by atoms with Crippen molar-refractivity contribution in [3.8, 4) is 0 Å². The summed E-state index contributed by atoms with van der Waals surface area (Å²) in [5, 5.41) is 3.84. The van der Waals surface area contributed by atoms with Gasteiger partial charge in [-0.05, 0) is 49.2 Å². The SMILES string of the molecule is O=C(N[C@@H]1CCN(c2cccc(Cl)c2)C1)c1cccc(N2CCCC2=O)c1. The summed E-state index contributed by atoms with van der Waals surface area (Å²) >= 11 is 6.08. The van der Waals surface area contributed by atoms with E-state index in [1.165, 1.54) is 0 Å². The van der Waals surface area contributed by atoms with Crippen LogP contribution in [0.3, 0.4) is 0 Å². The van der Waals surface area contributed by atoms with Crippen LogP contribution in [-0.2, 0) is 4.79 Å². The summed E-state index contributed by atoms with van der Waals surface area (Å²) in [5.74, 6) is 0.0296. The van der Waals surface area contributed by atoms with Crippen molar-refractivity contribution in [1.82, 2.24) is 5.32 Å². The topological polar surface area (TPSA) is 52.7 Å². The van der Waals surface area contributed by atoms with Crippen molar-refractivity contribution in [1.29, 1.82) is 0 Å². The number of halogens is 1. The van der Waals surface area contributed by atoms with Gasteiger partial charge in [0.1, 0.15) is 0 Å². The van der Waals surface area contributed by atoms with Crippen LogP contribution in [0.15, 0.2) is 48.5 Å². The molecule has 0 aromatic heterocycles. The van der Waals surface area contributed by atoms with Crippen molar-refractivity contribution in [2.24, 2.45) is 0 Å². The van der Waals surface area contributed by atoms with E-state index in [-0.39, 0.29) is 17.9 Å². The molecule has 2 aliphatic heterocycles. The van der Waals surface area contributed by atoms with Crippen LogP contribution in [0.4, 0.5) is 11.4 Å². The van der Waals surface area contributed by atoms with Crippen molar-refractivity contribution in [3.63, 3.8) is 0 Å². The first-order valence-corrected chi connectivity index (χ1v) is 9.70. The van der Waals surface area contributed by atoms with Gasteiger partial charge in [-0.25, -0.2) is 0 Å². The van der Waals surface area contributed by atoms with Crippen LogP contribution in [0.2, 0.25) is 5.02 Å². The van der Waals surface area contributed by atoms with E-state index < -0.39 is 0 Å². The van der Waals surface area contributed by atoms with Gasteiger partial charge in [-0.3, -0.25) is 9.59 Å². The molecule has 2 aromatic rings. The second-order valence-electron chi connectivity index (χ2n) is 7.08.